The minimum absolute atomic E-state index is 0.249. The molecule has 3 rings (SSSR count). The summed E-state index contributed by atoms with van der Waals surface area (Å²) < 4.78 is 11.6. The predicted molar refractivity (Wildman–Crippen MR) is 91.3 cm³/mol. The van der Waals surface area contributed by atoms with E-state index in [1.165, 1.54) is 0 Å². The van der Waals surface area contributed by atoms with E-state index in [-0.39, 0.29) is 18.9 Å². The van der Waals surface area contributed by atoms with Crippen LogP contribution in [0.2, 0.25) is 0 Å². The summed E-state index contributed by atoms with van der Waals surface area (Å²) in [5, 5.41) is 8.11. The molecule has 0 saturated carbocycles. The van der Waals surface area contributed by atoms with Gasteiger partial charge in [0.1, 0.15) is 11.3 Å². The second-order valence-electron chi connectivity index (χ2n) is 5.57. The molecule has 0 spiro atoms. The van der Waals surface area contributed by atoms with Gasteiger partial charge in [0, 0.05) is 0 Å². The summed E-state index contributed by atoms with van der Waals surface area (Å²) in [4.78, 5) is 24.1. The number of aryl methyl sites for hydroxylation is 2. The average Bonchev–Trinajstić information content (AvgIpc) is 2.61. The van der Waals surface area contributed by atoms with Gasteiger partial charge in [-0.2, -0.15) is 4.68 Å². The molecular weight excluding hydrogens is 322 g/mol. The molecule has 0 radical (unpaired) electrons. The molecule has 0 aliphatic heterocycles. The third kappa shape index (κ3) is 3.65. The maximum Gasteiger partial charge on any atom is 0.345 e. The molecule has 0 atom stereocenters. The van der Waals surface area contributed by atoms with Gasteiger partial charge in [0.15, 0.2) is 13.3 Å². The van der Waals surface area contributed by atoms with Gasteiger partial charge in [-0.1, -0.05) is 35.5 Å². The molecule has 0 saturated heterocycles. The molecule has 0 bridgehead atoms. The number of carbonyl (C=O) groups is 1. The quantitative estimate of drug-likeness (QED) is 0.661. The van der Waals surface area contributed by atoms with Crippen LogP contribution >= 0.6 is 0 Å². The van der Waals surface area contributed by atoms with Gasteiger partial charge in [-0.3, -0.25) is 4.79 Å². The van der Waals surface area contributed by atoms with E-state index in [0.717, 1.165) is 15.8 Å². The molecule has 2 aromatic carbocycles. The maximum absolute atomic E-state index is 12.2. The number of nitrogens with zero attached hydrogens (tertiary/aromatic N) is 3. The first-order valence-electron chi connectivity index (χ1n) is 7.73. The summed E-state index contributed by atoms with van der Waals surface area (Å²) in [5.74, 6) is 0.0617. The van der Waals surface area contributed by atoms with Crippen molar-refractivity contribution in [3.8, 4) is 5.75 Å². The topological polar surface area (TPSA) is 83.3 Å². The normalized spacial score (nSPS) is 10.6. The zero-order chi connectivity index (χ0) is 17.8. The van der Waals surface area contributed by atoms with Gasteiger partial charge in [-0.15, -0.1) is 5.10 Å². The monoisotopic (exact) mass is 339 g/mol. The average molecular weight is 339 g/mol. The highest BCUT2D eigenvalue weighted by molar-refractivity contribution is 5.76. The lowest BCUT2D eigenvalue weighted by Gasteiger charge is -2.11. The molecule has 1 heterocycles. The summed E-state index contributed by atoms with van der Waals surface area (Å²) in [5.41, 5.74) is 2.00. The zero-order valence-electron chi connectivity index (χ0n) is 13.9. The number of rotatable bonds is 5. The molecule has 7 nitrogen and oxygen atoms in total. The van der Waals surface area contributed by atoms with Gasteiger partial charge in [-0.25, -0.2) is 4.79 Å². The number of aromatic nitrogens is 3. The highest BCUT2D eigenvalue weighted by Gasteiger charge is 2.10. The highest BCUT2D eigenvalue weighted by atomic mass is 16.6. The largest absolute Gasteiger partial charge is 0.481 e. The van der Waals surface area contributed by atoms with Gasteiger partial charge in [0.25, 0.3) is 5.56 Å². The molecule has 0 aliphatic rings. The Morgan fingerprint density at radius 1 is 1.08 bits per heavy atom. The Morgan fingerprint density at radius 2 is 1.80 bits per heavy atom. The first-order valence-corrected chi connectivity index (χ1v) is 7.73. The van der Waals surface area contributed by atoms with Crippen molar-refractivity contribution < 1.29 is 14.3 Å². The lowest BCUT2D eigenvalue weighted by atomic mass is 10.1. The van der Waals surface area contributed by atoms with Crippen molar-refractivity contribution in [2.24, 2.45) is 0 Å². The lowest BCUT2D eigenvalue weighted by molar-refractivity contribution is -0.150. The van der Waals surface area contributed by atoms with Crippen molar-refractivity contribution in [2.75, 3.05) is 6.61 Å². The number of ether oxygens (including phenoxy) is 2. The molecule has 0 fully saturated rings. The van der Waals surface area contributed by atoms with E-state index in [1.807, 2.05) is 32.0 Å². The van der Waals surface area contributed by atoms with E-state index in [4.69, 9.17) is 9.47 Å². The first-order chi connectivity index (χ1) is 12.1. The first kappa shape index (κ1) is 16.6. The summed E-state index contributed by atoms with van der Waals surface area (Å²) >= 11 is 0. The van der Waals surface area contributed by atoms with Crippen LogP contribution in [0.4, 0.5) is 0 Å². The number of para-hydroxylation sites is 1. The van der Waals surface area contributed by atoms with Crippen molar-refractivity contribution in [2.45, 2.75) is 20.6 Å². The van der Waals surface area contributed by atoms with Crippen LogP contribution in [0.15, 0.2) is 47.3 Å². The maximum atomic E-state index is 12.2. The van der Waals surface area contributed by atoms with E-state index in [0.29, 0.717) is 16.7 Å². The van der Waals surface area contributed by atoms with E-state index in [2.05, 4.69) is 10.3 Å². The van der Waals surface area contributed by atoms with E-state index in [1.54, 1.807) is 24.3 Å². The van der Waals surface area contributed by atoms with Gasteiger partial charge in [0.2, 0.25) is 0 Å². The summed E-state index contributed by atoms with van der Waals surface area (Å²) in [6.45, 7) is 3.24. The van der Waals surface area contributed by atoms with Gasteiger partial charge in [-0.05, 0) is 37.1 Å². The Labute approximate surface area is 143 Å². The van der Waals surface area contributed by atoms with Crippen molar-refractivity contribution in [1.29, 1.82) is 0 Å². The van der Waals surface area contributed by atoms with Crippen LogP contribution in [-0.2, 0) is 16.3 Å². The Hall–Kier alpha value is -3.22. The molecule has 3 aromatic rings. The van der Waals surface area contributed by atoms with Crippen LogP contribution in [-0.4, -0.2) is 27.6 Å². The number of carbonyl (C=O) groups excluding carboxylic acids is 1. The zero-order valence-corrected chi connectivity index (χ0v) is 13.9. The van der Waals surface area contributed by atoms with Crippen LogP contribution in [0.5, 0.6) is 5.75 Å². The van der Waals surface area contributed by atoms with Gasteiger partial charge < -0.3 is 9.47 Å². The number of hydrogen-bond donors (Lipinski definition) is 0. The molecule has 0 aliphatic carbocycles. The van der Waals surface area contributed by atoms with Crippen LogP contribution in [0.3, 0.4) is 0 Å². The van der Waals surface area contributed by atoms with E-state index >= 15 is 0 Å². The van der Waals surface area contributed by atoms with Gasteiger partial charge in [0.05, 0.1) is 5.39 Å². The van der Waals surface area contributed by atoms with Crippen LogP contribution in [0.1, 0.15) is 11.1 Å². The van der Waals surface area contributed by atoms with Gasteiger partial charge >= 0.3 is 5.97 Å². The molecule has 1 aromatic heterocycles. The Balaban J connectivity index is 1.63. The van der Waals surface area contributed by atoms with E-state index < -0.39 is 5.97 Å². The molecular formula is C18H17N3O4. The fourth-order valence-electron chi connectivity index (χ4n) is 2.44. The molecule has 7 heteroatoms. The second-order valence-corrected chi connectivity index (χ2v) is 5.57. The molecule has 128 valence electrons. The molecule has 0 N–H and O–H groups in total. The van der Waals surface area contributed by atoms with Crippen molar-refractivity contribution in [3.05, 3.63) is 63.9 Å². The summed E-state index contributed by atoms with van der Waals surface area (Å²) in [6, 6.07) is 12.6. The number of fused-ring (bicyclic) bond motifs is 1. The predicted octanol–water partition coefficient (Wildman–Crippen LogP) is 1.99. The third-order valence-electron chi connectivity index (χ3n) is 3.72. The van der Waals surface area contributed by atoms with Crippen molar-refractivity contribution in [1.82, 2.24) is 15.0 Å². The Bertz CT molecular complexity index is 961. The Morgan fingerprint density at radius 3 is 2.56 bits per heavy atom. The smallest absolute Gasteiger partial charge is 0.345 e. The molecule has 0 unspecified atom stereocenters. The van der Waals surface area contributed by atoms with Crippen molar-refractivity contribution >= 4 is 16.9 Å². The standard InChI is InChI=1S/C18H17N3O4/c1-12-6-5-7-13(2)17(12)24-10-16(22)25-11-21-18(23)14-8-3-4-9-15(14)19-20-21/h3-9H,10-11H2,1-2H3. The number of hydrogen-bond acceptors (Lipinski definition) is 6. The SMILES string of the molecule is Cc1cccc(C)c1OCC(=O)OCn1nnc2ccccc2c1=O. The minimum atomic E-state index is -0.593. The summed E-state index contributed by atoms with van der Waals surface area (Å²) in [6.07, 6.45) is 0. The highest BCUT2D eigenvalue weighted by Crippen LogP contribution is 2.22. The molecule has 25 heavy (non-hydrogen) atoms. The van der Waals surface area contributed by atoms with Crippen LogP contribution < -0.4 is 10.3 Å². The fraction of sp³-hybridized carbons (Fsp3) is 0.222. The number of benzene rings is 2. The van der Waals surface area contributed by atoms with Crippen molar-refractivity contribution in [3.63, 3.8) is 0 Å². The molecule has 0 amide bonds. The minimum Gasteiger partial charge on any atom is -0.481 e. The van der Waals surface area contributed by atoms with Crippen LogP contribution in [0, 0.1) is 13.8 Å². The lowest BCUT2D eigenvalue weighted by Crippen LogP contribution is -2.27. The van der Waals surface area contributed by atoms with E-state index in [9.17, 15) is 9.59 Å². The fourth-order valence-corrected chi connectivity index (χ4v) is 2.44. The second kappa shape index (κ2) is 7.12. The third-order valence-corrected chi connectivity index (χ3v) is 3.72. The summed E-state index contributed by atoms with van der Waals surface area (Å²) in [7, 11) is 0. The Kier molecular flexibility index (Phi) is 4.74. The van der Waals surface area contributed by atoms with Crippen LogP contribution in [0.25, 0.3) is 10.9 Å². The number of esters is 1.